The van der Waals surface area contributed by atoms with E-state index in [1.54, 1.807) is 12.1 Å². The van der Waals surface area contributed by atoms with Crippen molar-refractivity contribution in [1.82, 2.24) is 14.5 Å². The van der Waals surface area contributed by atoms with Gasteiger partial charge < -0.3 is 30.0 Å². The maximum Gasteiger partial charge on any atom is 0.254 e. The summed E-state index contributed by atoms with van der Waals surface area (Å²) in [7, 11) is -4.07. The number of hydrogen-bond donors (Lipinski definition) is 4. The predicted octanol–water partition coefficient (Wildman–Crippen LogP) is 1.10. The first-order valence-electron chi connectivity index (χ1n) is 11.0. The van der Waals surface area contributed by atoms with Crippen LogP contribution in [0.15, 0.2) is 64.1 Å². The van der Waals surface area contributed by atoms with Crippen molar-refractivity contribution in [3.05, 3.63) is 71.7 Å². The molecule has 37 heavy (non-hydrogen) atoms. The Hall–Kier alpha value is -4.54. The molecule has 1 aromatic heterocycles. The Kier molecular flexibility index (Phi) is 7.05. The van der Waals surface area contributed by atoms with Gasteiger partial charge in [0.2, 0.25) is 15.9 Å². The molecule has 1 fully saturated rings. The molecule has 2 heterocycles. The lowest BCUT2D eigenvalue weighted by molar-refractivity contribution is -0.127. The van der Waals surface area contributed by atoms with Crippen LogP contribution in [-0.4, -0.2) is 70.4 Å². The van der Waals surface area contributed by atoms with E-state index in [0.29, 0.717) is 5.76 Å². The number of nitriles is 1. The number of aromatic hydroxyl groups is 3. The Morgan fingerprint density at radius 3 is 2.35 bits per heavy atom. The molecular weight excluding hydrogens is 504 g/mol. The van der Waals surface area contributed by atoms with Crippen molar-refractivity contribution in [3.8, 4) is 23.3 Å². The van der Waals surface area contributed by atoms with Gasteiger partial charge in [-0.25, -0.2) is 8.42 Å². The lowest BCUT2D eigenvalue weighted by Crippen LogP contribution is -2.61. The number of phenolic OH excluding ortho intramolecular Hbond substituents is 3. The van der Waals surface area contributed by atoms with Crippen LogP contribution in [0.4, 0.5) is 0 Å². The molecule has 1 aliphatic rings. The van der Waals surface area contributed by atoms with Gasteiger partial charge in [0.1, 0.15) is 11.8 Å². The lowest BCUT2D eigenvalue weighted by atomic mass is 10.1. The number of furan rings is 1. The van der Waals surface area contributed by atoms with Gasteiger partial charge in [0.05, 0.1) is 29.3 Å². The van der Waals surface area contributed by atoms with E-state index in [0.717, 1.165) is 21.3 Å². The molecule has 0 aliphatic carbocycles. The Balaban J connectivity index is 1.63. The highest BCUT2D eigenvalue weighted by Crippen LogP contribution is 2.36. The SMILES string of the molecule is N#Cc1ccc(S(=O)(=O)N2CCN(C(=O)c3cc(O)c(O)c(O)c3)C(C(=O)NCc3ccco3)C2)cc1. The molecule has 1 unspecified atom stereocenters. The summed E-state index contributed by atoms with van der Waals surface area (Å²) in [6.07, 6.45) is 1.42. The lowest BCUT2D eigenvalue weighted by Gasteiger charge is -2.39. The molecule has 12 nitrogen and oxygen atoms in total. The van der Waals surface area contributed by atoms with Crippen LogP contribution in [0.3, 0.4) is 0 Å². The standard InChI is InChI=1S/C24H22N4O8S/c25-12-15-3-5-18(6-4-15)37(34,35)27-7-8-28(24(33)16-10-20(29)22(31)21(30)11-16)19(14-27)23(32)26-13-17-2-1-9-36-17/h1-6,9-11,19,29-31H,7-8,13-14H2,(H,26,32). The minimum atomic E-state index is -4.07. The van der Waals surface area contributed by atoms with Crippen LogP contribution in [0.25, 0.3) is 0 Å². The summed E-state index contributed by atoms with van der Waals surface area (Å²) in [5, 5.41) is 40.9. The van der Waals surface area contributed by atoms with E-state index in [1.165, 1.54) is 30.5 Å². The second-order valence-corrected chi connectivity index (χ2v) is 10.1. The number of carbonyl (C=O) groups excluding carboxylic acids is 2. The van der Waals surface area contributed by atoms with Gasteiger partial charge in [-0.1, -0.05) is 0 Å². The molecule has 0 radical (unpaired) electrons. The van der Waals surface area contributed by atoms with Gasteiger partial charge in [0, 0.05) is 25.2 Å². The van der Waals surface area contributed by atoms with Crippen LogP contribution in [0.5, 0.6) is 17.2 Å². The van der Waals surface area contributed by atoms with Gasteiger partial charge in [-0.15, -0.1) is 0 Å². The van der Waals surface area contributed by atoms with E-state index in [4.69, 9.17) is 9.68 Å². The number of hydrogen-bond acceptors (Lipinski definition) is 9. The molecule has 1 saturated heterocycles. The largest absolute Gasteiger partial charge is 0.504 e. The number of rotatable bonds is 6. The van der Waals surface area contributed by atoms with Crippen LogP contribution in [0.1, 0.15) is 21.7 Å². The number of amides is 2. The van der Waals surface area contributed by atoms with Crippen LogP contribution >= 0.6 is 0 Å². The molecule has 4 N–H and O–H groups in total. The monoisotopic (exact) mass is 526 g/mol. The smallest absolute Gasteiger partial charge is 0.254 e. The van der Waals surface area contributed by atoms with Gasteiger partial charge in [-0.05, 0) is 48.5 Å². The highest BCUT2D eigenvalue weighted by atomic mass is 32.2. The van der Waals surface area contributed by atoms with E-state index < -0.39 is 45.1 Å². The molecule has 2 amide bonds. The van der Waals surface area contributed by atoms with Gasteiger partial charge >= 0.3 is 0 Å². The van der Waals surface area contributed by atoms with Crippen molar-refractivity contribution >= 4 is 21.8 Å². The minimum absolute atomic E-state index is 0.00643. The summed E-state index contributed by atoms with van der Waals surface area (Å²) in [6, 6.07) is 11.1. The molecule has 3 aromatic rings. The van der Waals surface area contributed by atoms with Crippen molar-refractivity contribution in [3.63, 3.8) is 0 Å². The van der Waals surface area contributed by atoms with E-state index >= 15 is 0 Å². The number of phenols is 3. The van der Waals surface area contributed by atoms with Crippen LogP contribution in [0, 0.1) is 11.3 Å². The van der Waals surface area contributed by atoms with Crippen molar-refractivity contribution in [2.45, 2.75) is 17.5 Å². The van der Waals surface area contributed by atoms with E-state index in [2.05, 4.69) is 5.32 Å². The molecule has 4 rings (SSSR count). The normalized spacial score (nSPS) is 16.2. The Bertz CT molecular complexity index is 1440. The van der Waals surface area contributed by atoms with Gasteiger partial charge in [0.25, 0.3) is 5.91 Å². The number of piperazine rings is 1. The number of sulfonamides is 1. The van der Waals surface area contributed by atoms with Gasteiger partial charge in [0.15, 0.2) is 17.2 Å². The summed E-state index contributed by atoms with van der Waals surface area (Å²) >= 11 is 0. The van der Waals surface area contributed by atoms with E-state index in [9.17, 15) is 33.3 Å². The molecule has 2 aromatic carbocycles. The second kappa shape index (κ2) is 10.2. The predicted molar refractivity (Wildman–Crippen MR) is 127 cm³/mol. The summed E-state index contributed by atoms with van der Waals surface area (Å²) < 4.78 is 32.8. The highest BCUT2D eigenvalue weighted by molar-refractivity contribution is 7.89. The van der Waals surface area contributed by atoms with Crippen molar-refractivity contribution < 1.29 is 37.7 Å². The van der Waals surface area contributed by atoms with E-state index in [1.807, 2.05) is 6.07 Å². The fourth-order valence-electron chi connectivity index (χ4n) is 3.89. The molecule has 0 saturated carbocycles. The molecule has 13 heteroatoms. The Morgan fingerprint density at radius 1 is 1.08 bits per heavy atom. The first kappa shape index (κ1) is 25.5. The van der Waals surface area contributed by atoms with Gasteiger partial charge in [-0.3, -0.25) is 9.59 Å². The Labute approximate surface area is 211 Å². The molecule has 0 spiro atoms. The van der Waals surface area contributed by atoms with Crippen LogP contribution in [0.2, 0.25) is 0 Å². The average molecular weight is 527 g/mol. The fourth-order valence-corrected chi connectivity index (χ4v) is 5.33. The third-order valence-corrected chi connectivity index (χ3v) is 7.74. The van der Waals surface area contributed by atoms with Crippen molar-refractivity contribution in [1.29, 1.82) is 5.26 Å². The van der Waals surface area contributed by atoms with Crippen LogP contribution in [-0.2, 0) is 21.4 Å². The molecule has 192 valence electrons. The highest BCUT2D eigenvalue weighted by Gasteiger charge is 2.40. The number of nitrogens with zero attached hydrogens (tertiary/aromatic N) is 3. The maximum absolute atomic E-state index is 13.3. The van der Waals surface area contributed by atoms with Crippen molar-refractivity contribution in [2.24, 2.45) is 0 Å². The summed E-state index contributed by atoms with van der Waals surface area (Å²) in [5.74, 6) is -3.25. The molecular formula is C24H22N4O8S. The summed E-state index contributed by atoms with van der Waals surface area (Å²) in [4.78, 5) is 27.5. The second-order valence-electron chi connectivity index (χ2n) is 8.17. The minimum Gasteiger partial charge on any atom is -0.504 e. The quantitative estimate of drug-likeness (QED) is 0.341. The summed E-state index contributed by atoms with van der Waals surface area (Å²) in [5.41, 5.74) is 0.0741. The fraction of sp³-hybridized carbons (Fsp3) is 0.208. The third-order valence-electron chi connectivity index (χ3n) is 5.86. The zero-order valence-electron chi connectivity index (χ0n) is 19.2. The Morgan fingerprint density at radius 2 is 1.76 bits per heavy atom. The number of carbonyl (C=O) groups is 2. The topological polar surface area (TPSA) is 184 Å². The number of benzene rings is 2. The van der Waals surface area contributed by atoms with Crippen LogP contribution < -0.4 is 5.32 Å². The first-order valence-corrected chi connectivity index (χ1v) is 12.4. The zero-order chi connectivity index (χ0) is 26.7. The van der Waals surface area contributed by atoms with Crippen molar-refractivity contribution in [2.75, 3.05) is 19.6 Å². The van der Waals surface area contributed by atoms with E-state index in [-0.39, 0.29) is 42.2 Å². The molecule has 0 bridgehead atoms. The zero-order valence-corrected chi connectivity index (χ0v) is 20.1. The average Bonchev–Trinajstić information content (AvgIpc) is 3.43. The first-order chi connectivity index (χ1) is 17.6. The maximum atomic E-state index is 13.3. The number of nitrogens with one attached hydrogen (secondary N) is 1. The third kappa shape index (κ3) is 5.20. The summed E-state index contributed by atoms with van der Waals surface area (Å²) in [6.45, 7) is -0.719. The van der Waals surface area contributed by atoms with Gasteiger partial charge in [-0.2, -0.15) is 9.57 Å². The molecule has 1 atom stereocenters. The molecule has 1 aliphatic heterocycles.